The quantitative estimate of drug-likeness (QED) is 0.430. The first-order valence-corrected chi connectivity index (χ1v) is 5.90. The Kier molecular flexibility index (Phi) is 4.17. The normalized spacial score (nSPS) is 14.3. The van der Waals surface area contributed by atoms with Gasteiger partial charge in [0.25, 0.3) is 0 Å². The van der Waals surface area contributed by atoms with E-state index in [1.807, 2.05) is 0 Å². The summed E-state index contributed by atoms with van der Waals surface area (Å²) in [6.07, 6.45) is -7.17. The molecule has 1 N–H and O–H groups in total. The Balaban J connectivity index is 2.83. The zero-order valence-corrected chi connectivity index (χ0v) is 11.4. The highest BCUT2D eigenvalue weighted by atomic mass is 19.4. The fourth-order valence-electron chi connectivity index (χ4n) is 1.88. The van der Waals surface area contributed by atoms with E-state index < -0.39 is 63.8 Å². The Morgan fingerprint density at radius 1 is 0.615 bits per heavy atom. The summed E-state index contributed by atoms with van der Waals surface area (Å²) in [4.78, 5) is 0. The highest BCUT2D eigenvalue weighted by Crippen LogP contribution is 2.57. The average Bonchev–Trinajstić information content (AvgIpc) is 2.95. The van der Waals surface area contributed by atoms with E-state index in [1.54, 1.807) is 0 Å². The molecule has 0 aliphatic carbocycles. The third-order valence-corrected chi connectivity index (χ3v) is 3.23. The fraction of sp³-hybridized carbons (Fsp3) is 0.364. The van der Waals surface area contributed by atoms with Crippen LogP contribution in [0.1, 0.15) is 5.69 Å². The molecule has 0 amide bonds. The zero-order valence-electron chi connectivity index (χ0n) is 11.4. The first kappa shape index (κ1) is 20.1. The molecule has 0 unspecified atom stereocenters. The third kappa shape index (κ3) is 2.31. The first-order chi connectivity index (χ1) is 11.5. The molecule has 15 heteroatoms. The number of hydrogen-bond acceptors (Lipinski definition) is 1. The zero-order chi connectivity index (χ0) is 20.5. The lowest BCUT2D eigenvalue weighted by molar-refractivity contribution is -0.399. The number of aromatic nitrogens is 2. The van der Waals surface area contributed by atoms with E-state index in [0.29, 0.717) is 0 Å². The summed E-state index contributed by atoms with van der Waals surface area (Å²) in [5.74, 6) is -31.8. The van der Waals surface area contributed by atoms with Crippen LogP contribution in [0.2, 0.25) is 0 Å². The molecule has 0 saturated carbocycles. The number of alkyl halides is 9. The van der Waals surface area contributed by atoms with E-state index >= 15 is 0 Å². The van der Waals surface area contributed by atoms with Gasteiger partial charge in [0.05, 0.1) is 5.39 Å². The van der Waals surface area contributed by atoms with Gasteiger partial charge in [0.1, 0.15) is 11.2 Å². The molecule has 1 aromatic carbocycles. The number of halogens is 13. The minimum absolute atomic E-state index is 0.726. The molecule has 146 valence electrons. The Morgan fingerprint density at radius 3 is 1.54 bits per heavy atom. The van der Waals surface area contributed by atoms with E-state index in [-0.39, 0.29) is 0 Å². The minimum Gasteiger partial charge on any atom is -0.275 e. The van der Waals surface area contributed by atoms with Crippen LogP contribution >= 0.6 is 0 Å². The van der Waals surface area contributed by atoms with Crippen molar-refractivity contribution in [3.05, 3.63) is 29.0 Å². The van der Waals surface area contributed by atoms with Crippen molar-refractivity contribution in [2.45, 2.75) is 23.9 Å². The molecule has 1 heterocycles. The largest absolute Gasteiger partial charge is 0.460 e. The van der Waals surface area contributed by atoms with Crippen molar-refractivity contribution in [2.75, 3.05) is 0 Å². The second-order valence-electron chi connectivity index (χ2n) is 4.80. The van der Waals surface area contributed by atoms with Gasteiger partial charge in [-0.25, -0.2) is 17.6 Å². The second kappa shape index (κ2) is 5.39. The lowest BCUT2D eigenvalue weighted by atomic mass is 9.98. The molecule has 26 heavy (non-hydrogen) atoms. The predicted molar refractivity (Wildman–Crippen MR) is 55.8 cm³/mol. The van der Waals surface area contributed by atoms with Gasteiger partial charge in [-0.2, -0.15) is 44.6 Å². The number of fused-ring (bicyclic) bond motifs is 1. The number of rotatable bonds is 3. The molecule has 2 rings (SSSR count). The van der Waals surface area contributed by atoms with E-state index in [1.165, 1.54) is 0 Å². The summed E-state index contributed by atoms with van der Waals surface area (Å²) in [6.45, 7) is 0. The van der Waals surface area contributed by atoms with Crippen LogP contribution in [0.4, 0.5) is 57.1 Å². The van der Waals surface area contributed by atoms with E-state index in [0.717, 1.165) is 5.10 Å². The number of benzene rings is 1. The van der Waals surface area contributed by atoms with Crippen molar-refractivity contribution in [2.24, 2.45) is 0 Å². The van der Waals surface area contributed by atoms with Crippen molar-refractivity contribution in [1.82, 2.24) is 10.2 Å². The highest BCUT2D eigenvalue weighted by Gasteiger charge is 2.82. The Bertz CT molecular complexity index is 863. The summed E-state index contributed by atoms with van der Waals surface area (Å²) in [6, 6.07) is 0. The highest BCUT2D eigenvalue weighted by molar-refractivity contribution is 5.83. The minimum atomic E-state index is -7.34. The van der Waals surface area contributed by atoms with Crippen molar-refractivity contribution in [1.29, 1.82) is 0 Å². The maximum absolute atomic E-state index is 13.8. The number of H-pyrrole nitrogens is 1. The lowest BCUT2D eigenvalue weighted by Crippen LogP contribution is -2.59. The smallest absolute Gasteiger partial charge is 0.275 e. The van der Waals surface area contributed by atoms with Crippen LogP contribution in [0.3, 0.4) is 0 Å². The summed E-state index contributed by atoms with van der Waals surface area (Å²) >= 11 is 0. The molecule has 0 bridgehead atoms. The Morgan fingerprint density at radius 2 is 1.08 bits per heavy atom. The van der Waals surface area contributed by atoms with Crippen molar-refractivity contribution < 1.29 is 57.1 Å². The summed E-state index contributed by atoms with van der Waals surface area (Å²) in [5.41, 5.74) is -4.67. The molecule has 0 aliphatic heterocycles. The molecule has 2 nitrogen and oxygen atoms in total. The van der Waals surface area contributed by atoms with Crippen LogP contribution in [0.5, 0.6) is 0 Å². The van der Waals surface area contributed by atoms with Crippen LogP contribution < -0.4 is 0 Å². The number of aromatic amines is 1. The maximum atomic E-state index is 13.8. The number of nitrogens with zero attached hydrogens (tertiary/aromatic N) is 1. The summed E-state index contributed by atoms with van der Waals surface area (Å²) in [7, 11) is 0. The molecule has 0 fully saturated rings. The van der Waals surface area contributed by atoms with Gasteiger partial charge in [-0.1, -0.05) is 0 Å². The third-order valence-electron chi connectivity index (χ3n) is 3.23. The predicted octanol–water partition coefficient (Wildman–Crippen LogP) is 5.04. The van der Waals surface area contributed by atoms with Crippen molar-refractivity contribution in [3.8, 4) is 0 Å². The van der Waals surface area contributed by atoms with Gasteiger partial charge >= 0.3 is 23.9 Å². The van der Waals surface area contributed by atoms with Gasteiger partial charge in [0.15, 0.2) is 23.3 Å². The molecule has 0 spiro atoms. The van der Waals surface area contributed by atoms with Crippen molar-refractivity contribution >= 4 is 10.9 Å². The molecular formula is C11HF13N2. The molecule has 2 aromatic rings. The molecule has 0 radical (unpaired) electrons. The van der Waals surface area contributed by atoms with Crippen LogP contribution in [0.15, 0.2) is 0 Å². The van der Waals surface area contributed by atoms with E-state index in [2.05, 4.69) is 5.10 Å². The lowest BCUT2D eigenvalue weighted by Gasteiger charge is -2.33. The monoisotopic (exact) mass is 408 g/mol. The van der Waals surface area contributed by atoms with Crippen LogP contribution in [-0.2, 0) is 5.92 Å². The van der Waals surface area contributed by atoms with Crippen molar-refractivity contribution in [3.63, 3.8) is 0 Å². The van der Waals surface area contributed by atoms with Gasteiger partial charge < -0.3 is 0 Å². The molecule has 1 aromatic heterocycles. The fourth-order valence-corrected chi connectivity index (χ4v) is 1.88. The van der Waals surface area contributed by atoms with Gasteiger partial charge in [-0.05, 0) is 0 Å². The molecule has 0 saturated heterocycles. The standard InChI is InChI=1S/C11HF13N2/c12-2-1-6(5(15)4(14)3(2)13)25-26-7(1)8(16,17)9(18,19)10(20,21)11(22,23)24/h(H,25,26). The molecular weight excluding hydrogens is 407 g/mol. The second-order valence-corrected chi connectivity index (χ2v) is 4.80. The van der Waals surface area contributed by atoms with E-state index in [9.17, 15) is 57.1 Å². The average molecular weight is 408 g/mol. The summed E-state index contributed by atoms with van der Waals surface area (Å²) in [5, 5.41) is 0.884. The summed E-state index contributed by atoms with van der Waals surface area (Å²) < 4.78 is 169. The van der Waals surface area contributed by atoms with Crippen LogP contribution in [0, 0.1) is 23.3 Å². The molecule has 0 aliphatic rings. The number of nitrogens with one attached hydrogen (secondary N) is 1. The van der Waals surface area contributed by atoms with Gasteiger partial charge in [0.2, 0.25) is 0 Å². The van der Waals surface area contributed by atoms with Crippen LogP contribution in [-0.4, -0.2) is 28.2 Å². The maximum Gasteiger partial charge on any atom is 0.460 e. The van der Waals surface area contributed by atoms with E-state index in [4.69, 9.17) is 0 Å². The van der Waals surface area contributed by atoms with Gasteiger partial charge in [-0.3, -0.25) is 5.10 Å². The molecule has 0 atom stereocenters. The number of hydrogen-bond donors (Lipinski definition) is 1. The Labute approximate surface area is 132 Å². The topological polar surface area (TPSA) is 28.7 Å². The Hall–Kier alpha value is -2.22. The van der Waals surface area contributed by atoms with Crippen LogP contribution in [0.25, 0.3) is 10.9 Å². The van der Waals surface area contributed by atoms with Gasteiger partial charge in [-0.15, -0.1) is 0 Å². The SMILES string of the molecule is Fc1c(F)c(F)c2c(C(F)(F)C(F)(F)C(F)(F)C(F)(F)F)[nH]nc2c1F. The first-order valence-electron chi connectivity index (χ1n) is 5.90. The van der Waals surface area contributed by atoms with Gasteiger partial charge in [0, 0.05) is 0 Å².